The number of hydrogen-bond acceptors (Lipinski definition) is 12. The van der Waals surface area contributed by atoms with Gasteiger partial charge in [0, 0.05) is 74.0 Å². The molecule has 2 unspecified atom stereocenters. The fourth-order valence-electron chi connectivity index (χ4n) is 13.4. The Morgan fingerprint density at radius 1 is 0.758 bits per heavy atom. The van der Waals surface area contributed by atoms with Crippen molar-refractivity contribution in [3.63, 3.8) is 0 Å². The van der Waals surface area contributed by atoms with Crippen LogP contribution in [-0.2, 0) is 9.59 Å². The van der Waals surface area contributed by atoms with Crippen LogP contribution in [0.25, 0.3) is 11.3 Å². The molecule has 11 rings (SSSR count). The molecule has 0 radical (unpaired) electrons. The van der Waals surface area contributed by atoms with Crippen LogP contribution in [0.15, 0.2) is 66.9 Å². The topological polar surface area (TPSA) is 157 Å². The van der Waals surface area contributed by atoms with Crippen molar-refractivity contribution in [1.29, 1.82) is 0 Å². The number of benzene rings is 2. The number of nitrogens with one attached hydrogen (secondary N) is 1. The number of hydrogen-bond donors (Lipinski definition) is 3. The number of imide groups is 1. The van der Waals surface area contributed by atoms with Crippen molar-refractivity contribution in [1.82, 2.24) is 30.4 Å². The van der Waals surface area contributed by atoms with Crippen LogP contribution in [0.2, 0.25) is 0 Å². The largest absolute Gasteiger partial charge is 0.507 e. The molecule has 5 atom stereocenters. The molecule has 1 spiro atoms. The number of phenolic OH excluding ortho intramolecular Hbond substituents is 1. The van der Waals surface area contributed by atoms with Crippen LogP contribution in [0.5, 0.6) is 5.75 Å². The third kappa shape index (κ3) is 7.23. The predicted molar refractivity (Wildman–Crippen MR) is 240 cm³/mol. The van der Waals surface area contributed by atoms with E-state index in [4.69, 9.17) is 15.7 Å². The molecule has 2 aromatic carbocycles. The maximum absolute atomic E-state index is 12.8. The van der Waals surface area contributed by atoms with Gasteiger partial charge >= 0.3 is 0 Å². The lowest BCUT2D eigenvalue weighted by atomic mass is 9.74. The first-order valence-corrected chi connectivity index (χ1v) is 23.5. The fourth-order valence-corrected chi connectivity index (χ4v) is 13.4. The number of para-hydroxylation sites is 3. The van der Waals surface area contributed by atoms with Crippen LogP contribution in [0.4, 0.5) is 22.9 Å². The molecule has 2 amide bonds. The van der Waals surface area contributed by atoms with Gasteiger partial charge in [-0.3, -0.25) is 14.9 Å². The first kappa shape index (κ1) is 39.5. The van der Waals surface area contributed by atoms with Crippen LogP contribution in [0.1, 0.15) is 107 Å². The number of nitrogens with zero attached hydrogens (tertiary/aromatic N) is 8. The molecule has 2 aromatic heterocycles. The molecule has 6 fully saturated rings. The molecule has 3 saturated carbocycles. The molecular weight excluding hydrogens is 777 g/mol. The van der Waals surface area contributed by atoms with Crippen molar-refractivity contribution in [3.8, 4) is 17.0 Å². The summed E-state index contributed by atoms with van der Waals surface area (Å²) in [5.74, 6) is 3.33. The number of nitrogens with two attached hydrogens (primary N) is 1. The lowest BCUT2D eigenvalue weighted by Crippen LogP contribution is -2.57. The monoisotopic (exact) mass is 836 g/mol. The van der Waals surface area contributed by atoms with Gasteiger partial charge in [-0.25, -0.2) is 9.97 Å². The zero-order chi connectivity index (χ0) is 42.0. The molecule has 6 heterocycles. The summed E-state index contributed by atoms with van der Waals surface area (Å²) in [6.07, 6.45) is 16.1. The van der Waals surface area contributed by atoms with Crippen molar-refractivity contribution in [2.75, 3.05) is 59.7 Å². The third-order valence-corrected chi connectivity index (χ3v) is 16.3. The quantitative estimate of drug-likeness (QED) is 0.171. The molecule has 3 aliphatic carbocycles. The standard InChI is InChI=1S/C49H60N10O3/c50-46-43(26-39(54-55-46)36-5-1-4-8-44(36)60)57-29-31-15-19-49(27-31)28-32(30-57)25-37(49)47-51-20-16-38(52-47)33-17-21-56(22-18-33)34-9-11-35(12-10-34)58-23-24-59(41-7-3-2-6-40(41)58)42-13-14-45(61)53-48(42)62/h1-8,16,20,26,31-35,37,42,60H,9-15,17-19,21-25,27-30H2,(H2,50,55)(H,53,61,62)/t31-,32-,34?,35?,37?,42+,49?/m1/s1. The van der Waals surface area contributed by atoms with E-state index in [0.717, 1.165) is 75.7 Å². The predicted octanol–water partition coefficient (Wildman–Crippen LogP) is 6.64. The molecule has 324 valence electrons. The number of amides is 2. The number of carbonyl (C=O) groups is 2. The summed E-state index contributed by atoms with van der Waals surface area (Å²) in [4.78, 5) is 45.3. The van der Waals surface area contributed by atoms with E-state index in [0.29, 0.717) is 65.7 Å². The minimum atomic E-state index is -0.285. The summed E-state index contributed by atoms with van der Waals surface area (Å²) in [6, 6.07) is 20.9. The van der Waals surface area contributed by atoms with Gasteiger partial charge in [0.15, 0.2) is 5.82 Å². The number of carbonyl (C=O) groups excluding carboxylic acids is 2. The smallest absolute Gasteiger partial charge is 0.249 e. The normalized spacial score (nSPS) is 30.5. The highest BCUT2D eigenvalue weighted by Gasteiger charge is 2.54. The van der Waals surface area contributed by atoms with E-state index in [1.807, 2.05) is 24.3 Å². The highest BCUT2D eigenvalue weighted by molar-refractivity contribution is 6.02. The van der Waals surface area contributed by atoms with Gasteiger partial charge in [-0.1, -0.05) is 24.3 Å². The lowest BCUT2D eigenvalue weighted by Gasteiger charge is -2.48. The Morgan fingerprint density at radius 2 is 1.48 bits per heavy atom. The van der Waals surface area contributed by atoms with Crippen LogP contribution < -0.4 is 25.8 Å². The van der Waals surface area contributed by atoms with Crippen LogP contribution in [0.3, 0.4) is 0 Å². The van der Waals surface area contributed by atoms with E-state index in [-0.39, 0.29) is 29.0 Å². The molecule has 13 heteroatoms. The molecule has 7 aliphatic rings. The second-order valence-electron chi connectivity index (χ2n) is 19.7. The van der Waals surface area contributed by atoms with Crippen molar-refractivity contribution < 1.29 is 14.7 Å². The molecule has 4 aliphatic heterocycles. The second-order valence-corrected chi connectivity index (χ2v) is 19.7. The minimum absolute atomic E-state index is 0.162. The number of aromatic hydroxyl groups is 1. The lowest BCUT2D eigenvalue weighted by molar-refractivity contribution is -0.134. The Hall–Kier alpha value is -5.30. The number of aromatic nitrogens is 4. The van der Waals surface area contributed by atoms with E-state index < -0.39 is 0 Å². The molecule has 3 saturated heterocycles. The molecular formula is C49H60N10O3. The summed E-state index contributed by atoms with van der Waals surface area (Å²) < 4.78 is 0. The van der Waals surface area contributed by atoms with E-state index in [1.54, 1.807) is 6.07 Å². The van der Waals surface area contributed by atoms with E-state index >= 15 is 0 Å². The molecule has 13 nitrogen and oxygen atoms in total. The minimum Gasteiger partial charge on any atom is -0.507 e. The van der Waals surface area contributed by atoms with Crippen LogP contribution in [0, 0.1) is 17.3 Å². The number of nitrogen functional groups attached to an aromatic ring is 1. The van der Waals surface area contributed by atoms with Gasteiger partial charge in [-0.15, -0.1) is 10.2 Å². The Bertz CT molecular complexity index is 2320. The van der Waals surface area contributed by atoms with Gasteiger partial charge in [0.2, 0.25) is 11.8 Å². The number of fused-ring (bicyclic) bond motifs is 3. The molecule has 4 N–H and O–H groups in total. The zero-order valence-electron chi connectivity index (χ0n) is 35.7. The molecule has 3 bridgehead atoms. The second kappa shape index (κ2) is 16.1. The first-order chi connectivity index (χ1) is 30.3. The van der Waals surface area contributed by atoms with Crippen LogP contribution in [-0.4, -0.2) is 99.4 Å². The van der Waals surface area contributed by atoms with Crippen molar-refractivity contribution >= 4 is 34.7 Å². The maximum atomic E-state index is 12.8. The van der Waals surface area contributed by atoms with Crippen molar-refractivity contribution in [3.05, 3.63) is 78.4 Å². The summed E-state index contributed by atoms with van der Waals surface area (Å²) in [5.41, 5.74) is 12.6. The summed E-state index contributed by atoms with van der Waals surface area (Å²) in [7, 11) is 0. The van der Waals surface area contributed by atoms with E-state index in [9.17, 15) is 14.7 Å². The highest BCUT2D eigenvalue weighted by atomic mass is 16.3. The third-order valence-electron chi connectivity index (χ3n) is 16.3. The Labute approximate surface area is 364 Å². The van der Waals surface area contributed by atoms with Crippen molar-refractivity contribution in [2.45, 2.75) is 113 Å². The van der Waals surface area contributed by atoms with Gasteiger partial charge in [0.1, 0.15) is 17.6 Å². The fraction of sp³-hybridized carbons (Fsp3) is 0.551. The summed E-state index contributed by atoms with van der Waals surface area (Å²) >= 11 is 0. The average molecular weight is 837 g/mol. The van der Waals surface area contributed by atoms with E-state index in [2.05, 4.69) is 71.6 Å². The maximum Gasteiger partial charge on any atom is 0.249 e. The number of rotatable bonds is 7. The number of phenols is 1. The van der Waals surface area contributed by atoms with Gasteiger partial charge in [-0.2, -0.15) is 0 Å². The number of piperidine rings is 2. The number of anilines is 4. The molecule has 62 heavy (non-hydrogen) atoms. The average Bonchev–Trinajstić information content (AvgIpc) is 3.90. The Morgan fingerprint density at radius 3 is 2.29 bits per heavy atom. The Kier molecular flexibility index (Phi) is 10.3. The van der Waals surface area contributed by atoms with Gasteiger partial charge in [0.05, 0.1) is 22.8 Å². The van der Waals surface area contributed by atoms with Crippen LogP contribution >= 0.6 is 0 Å². The van der Waals surface area contributed by atoms with Gasteiger partial charge in [-0.05, 0) is 144 Å². The molecule has 4 aromatic rings. The first-order valence-electron chi connectivity index (χ1n) is 23.5. The Balaban J connectivity index is 0.718. The summed E-state index contributed by atoms with van der Waals surface area (Å²) in [5, 5.41) is 21.9. The SMILES string of the molecule is Nc1nnc(-c2ccccc2O)cc1N1C[C@@H]2CCC3(C2)C[C@@H](CC3c2nccc(C3CCN(C4CCC(N5CCN([C@H]6CCC(=O)NC6=O)c6ccccc65)CC4)CC3)n2)C1. The van der Waals surface area contributed by atoms with Gasteiger partial charge < -0.3 is 30.4 Å². The highest BCUT2D eigenvalue weighted by Crippen LogP contribution is 2.62. The number of likely N-dealkylation sites (tertiary alicyclic amines) is 1. The summed E-state index contributed by atoms with van der Waals surface area (Å²) in [6.45, 7) is 5.83. The zero-order valence-corrected chi connectivity index (χ0v) is 35.7. The van der Waals surface area contributed by atoms with Gasteiger partial charge in [0.25, 0.3) is 0 Å². The van der Waals surface area contributed by atoms with Crippen molar-refractivity contribution in [2.24, 2.45) is 17.3 Å². The van der Waals surface area contributed by atoms with E-state index in [1.165, 1.54) is 62.7 Å².